The average Bonchev–Trinajstić information content (AvgIpc) is 3.43. The molecule has 0 spiro atoms. The Bertz CT molecular complexity index is 1160. The maximum absolute atomic E-state index is 5.40. The molecular formula is C23H25N5O. The molecule has 0 atom stereocenters. The molecule has 148 valence electrons. The van der Waals surface area contributed by atoms with Gasteiger partial charge in [0.15, 0.2) is 0 Å². The van der Waals surface area contributed by atoms with Crippen molar-refractivity contribution < 1.29 is 4.52 Å². The lowest BCUT2D eigenvalue weighted by Crippen LogP contribution is -2.15. The summed E-state index contributed by atoms with van der Waals surface area (Å²) >= 11 is 0. The summed E-state index contributed by atoms with van der Waals surface area (Å²) in [4.78, 5) is 9.50. The zero-order valence-electron chi connectivity index (χ0n) is 17.1. The Labute approximate surface area is 170 Å². The molecule has 1 saturated carbocycles. The Balaban J connectivity index is 1.58. The zero-order valence-corrected chi connectivity index (χ0v) is 17.1. The quantitative estimate of drug-likeness (QED) is 0.512. The molecule has 1 fully saturated rings. The van der Waals surface area contributed by atoms with E-state index in [1.54, 1.807) is 0 Å². The minimum Gasteiger partial charge on any atom is -0.367 e. The molecule has 4 aromatic rings. The molecule has 1 aliphatic rings. The maximum Gasteiger partial charge on any atom is 0.141 e. The average molecular weight is 387 g/mol. The van der Waals surface area contributed by atoms with Crippen molar-refractivity contribution in [3.8, 4) is 22.5 Å². The van der Waals surface area contributed by atoms with Crippen LogP contribution in [0.25, 0.3) is 28.2 Å². The smallest absolute Gasteiger partial charge is 0.141 e. The number of nitrogens with zero attached hydrogens (tertiary/aromatic N) is 4. The highest BCUT2D eigenvalue weighted by Crippen LogP contribution is 2.32. The lowest BCUT2D eigenvalue weighted by atomic mass is 10.0. The van der Waals surface area contributed by atoms with Crippen LogP contribution < -0.4 is 5.32 Å². The van der Waals surface area contributed by atoms with Crippen molar-refractivity contribution in [2.45, 2.75) is 52.5 Å². The van der Waals surface area contributed by atoms with Gasteiger partial charge in [-0.25, -0.2) is 9.97 Å². The van der Waals surface area contributed by atoms with Gasteiger partial charge in [-0.15, -0.1) is 0 Å². The van der Waals surface area contributed by atoms with Crippen molar-refractivity contribution in [2.75, 3.05) is 5.32 Å². The second kappa shape index (κ2) is 7.03. The number of pyridine rings is 2. The largest absolute Gasteiger partial charge is 0.367 e. The minimum absolute atomic E-state index is 0.536. The van der Waals surface area contributed by atoms with Crippen molar-refractivity contribution in [3.05, 3.63) is 53.7 Å². The van der Waals surface area contributed by atoms with E-state index in [9.17, 15) is 0 Å². The van der Waals surface area contributed by atoms with E-state index < -0.39 is 0 Å². The molecule has 0 bridgehead atoms. The highest BCUT2D eigenvalue weighted by molar-refractivity contribution is 5.74. The molecule has 6 heteroatoms. The van der Waals surface area contributed by atoms with Crippen LogP contribution in [0.4, 0.5) is 5.82 Å². The van der Waals surface area contributed by atoms with E-state index in [4.69, 9.17) is 9.51 Å². The van der Waals surface area contributed by atoms with E-state index in [1.165, 1.54) is 25.7 Å². The Hall–Kier alpha value is -3.15. The number of aromatic nitrogens is 4. The molecule has 1 aliphatic carbocycles. The first-order valence-corrected chi connectivity index (χ1v) is 10.2. The molecule has 4 heterocycles. The van der Waals surface area contributed by atoms with Crippen LogP contribution in [0, 0.1) is 20.8 Å². The zero-order chi connectivity index (χ0) is 20.0. The number of fused-ring (bicyclic) bond motifs is 1. The first-order chi connectivity index (χ1) is 14.1. The Kier molecular flexibility index (Phi) is 4.34. The van der Waals surface area contributed by atoms with Crippen molar-refractivity contribution >= 4 is 11.5 Å². The Morgan fingerprint density at radius 2 is 1.97 bits per heavy atom. The molecule has 6 nitrogen and oxygen atoms in total. The lowest BCUT2D eigenvalue weighted by Gasteiger charge is -2.13. The summed E-state index contributed by atoms with van der Waals surface area (Å²) < 4.78 is 7.50. The van der Waals surface area contributed by atoms with Gasteiger partial charge in [-0.3, -0.25) is 4.40 Å². The summed E-state index contributed by atoms with van der Waals surface area (Å²) in [7, 11) is 0. The number of nitrogens with one attached hydrogen (secondary N) is 1. The molecular weight excluding hydrogens is 362 g/mol. The molecule has 0 radical (unpaired) electrons. The molecule has 4 aromatic heterocycles. The van der Waals surface area contributed by atoms with Crippen molar-refractivity contribution in [1.29, 1.82) is 0 Å². The Morgan fingerprint density at radius 3 is 2.72 bits per heavy atom. The third kappa shape index (κ3) is 3.18. The maximum atomic E-state index is 5.40. The third-order valence-electron chi connectivity index (χ3n) is 5.88. The van der Waals surface area contributed by atoms with E-state index in [-0.39, 0.29) is 0 Å². The summed E-state index contributed by atoms with van der Waals surface area (Å²) in [5.74, 6) is 1.76. The predicted molar refractivity (Wildman–Crippen MR) is 114 cm³/mol. The monoisotopic (exact) mass is 387 g/mol. The highest BCUT2D eigenvalue weighted by atomic mass is 16.5. The van der Waals surface area contributed by atoms with Crippen LogP contribution in [-0.2, 0) is 0 Å². The topological polar surface area (TPSA) is 68.2 Å². The van der Waals surface area contributed by atoms with E-state index in [1.807, 2.05) is 32.2 Å². The third-order valence-corrected chi connectivity index (χ3v) is 5.88. The predicted octanol–water partition coefficient (Wildman–Crippen LogP) is 5.33. The first kappa shape index (κ1) is 17.9. The van der Waals surface area contributed by atoms with E-state index >= 15 is 0 Å². The normalized spacial score (nSPS) is 14.7. The number of imidazole rings is 1. The number of aryl methyl sites for hydroxylation is 3. The van der Waals surface area contributed by atoms with Gasteiger partial charge in [0.05, 0.1) is 23.3 Å². The van der Waals surface area contributed by atoms with Gasteiger partial charge in [0.2, 0.25) is 0 Å². The SMILES string of the molecule is Cc1cc2ncc(-c3cccc(NC4CCCC4)n3)n2cc1-c1c(C)noc1C. The summed E-state index contributed by atoms with van der Waals surface area (Å²) in [5.41, 5.74) is 6.99. The standard InChI is InChI=1S/C23H25N5O/c1-14-11-22-24-12-20(28(22)13-18(14)23-15(2)27-29-16(23)3)19-9-6-10-21(26-19)25-17-7-4-5-8-17/h6,9-13,17H,4-5,7-8H2,1-3H3,(H,25,26). The van der Waals surface area contributed by atoms with Gasteiger partial charge in [0.1, 0.15) is 17.2 Å². The van der Waals surface area contributed by atoms with Gasteiger partial charge in [0.25, 0.3) is 0 Å². The fourth-order valence-corrected chi connectivity index (χ4v) is 4.38. The second-order valence-electron chi connectivity index (χ2n) is 7.97. The number of rotatable bonds is 4. The van der Waals surface area contributed by atoms with Crippen molar-refractivity contribution in [2.24, 2.45) is 0 Å². The fourth-order valence-electron chi connectivity index (χ4n) is 4.38. The molecule has 1 N–H and O–H groups in total. The van der Waals surface area contributed by atoms with Gasteiger partial charge >= 0.3 is 0 Å². The lowest BCUT2D eigenvalue weighted by molar-refractivity contribution is 0.393. The summed E-state index contributed by atoms with van der Waals surface area (Å²) in [6.45, 7) is 6.03. The van der Waals surface area contributed by atoms with E-state index in [2.05, 4.69) is 45.1 Å². The minimum atomic E-state index is 0.536. The van der Waals surface area contributed by atoms with Gasteiger partial charge in [-0.05, 0) is 57.4 Å². The molecule has 0 saturated heterocycles. The number of hydrogen-bond donors (Lipinski definition) is 1. The van der Waals surface area contributed by atoms with Crippen LogP contribution in [-0.4, -0.2) is 25.6 Å². The van der Waals surface area contributed by atoms with Crippen LogP contribution in [0.3, 0.4) is 0 Å². The second-order valence-corrected chi connectivity index (χ2v) is 7.97. The van der Waals surface area contributed by atoms with Gasteiger partial charge in [-0.2, -0.15) is 0 Å². The molecule has 0 unspecified atom stereocenters. The first-order valence-electron chi connectivity index (χ1n) is 10.2. The van der Waals surface area contributed by atoms with Crippen LogP contribution in [0.5, 0.6) is 0 Å². The molecule has 29 heavy (non-hydrogen) atoms. The van der Waals surface area contributed by atoms with Gasteiger partial charge in [-0.1, -0.05) is 24.1 Å². The number of anilines is 1. The highest BCUT2D eigenvalue weighted by Gasteiger charge is 2.18. The van der Waals surface area contributed by atoms with Crippen molar-refractivity contribution in [1.82, 2.24) is 19.5 Å². The molecule has 0 aliphatic heterocycles. The Morgan fingerprint density at radius 1 is 1.14 bits per heavy atom. The van der Waals surface area contributed by atoms with Crippen LogP contribution in [0.15, 0.2) is 41.2 Å². The van der Waals surface area contributed by atoms with Crippen molar-refractivity contribution in [3.63, 3.8) is 0 Å². The summed E-state index contributed by atoms with van der Waals surface area (Å²) in [5, 5.41) is 7.71. The van der Waals surface area contributed by atoms with Gasteiger partial charge < -0.3 is 9.84 Å². The van der Waals surface area contributed by atoms with E-state index in [0.29, 0.717) is 6.04 Å². The number of hydrogen-bond acceptors (Lipinski definition) is 5. The van der Waals surface area contributed by atoms with Crippen LogP contribution in [0.1, 0.15) is 42.7 Å². The summed E-state index contributed by atoms with van der Waals surface area (Å²) in [6.07, 6.45) is 9.07. The van der Waals surface area contributed by atoms with Crippen LogP contribution >= 0.6 is 0 Å². The van der Waals surface area contributed by atoms with Gasteiger partial charge in [0, 0.05) is 23.4 Å². The molecule has 0 aromatic carbocycles. The van der Waals surface area contributed by atoms with E-state index in [0.717, 1.165) is 51.0 Å². The summed E-state index contributed by atoms with van der Waals surface area (Å²) in [6, 6.07) is 8.78. The fraction of sp³-hybridized carbons (Fsp3) is 0.348. The van der Waals surface area contributed by atoms with Crippen LogP contribution in [0.2, 0.25) is 0 Å². The molecule has 0 amide bonds. The molecule has 5 rings (SSSR count).